The van der Waals surface area contributed by atoms with Gasteiger partial charge < -0.3 is 10.1 Å². The summed E-state index contributed by atoms with van der Waals surface area (Å²) in [4.78, 5) is 0. The largest absolute Gasteiger partial charge is 0.490 e. The summed E-state index contributed by atoms with van der Waals surface area (Å²) in [6, 6.07) is 8.01. The minimum Gasteiger partial charge on any atom is -0.490 e. The second kappa shape index (κ2) is 7.78. The molecule has 2 rings (SSSR count). The number of aromatic nitrogens is 2. The van der Waals surface area contributed by atoms with Gasteiger partial charge in [0.05, 0.1) is 0 Å². The number of hydrogen-bond donors (Lipinski definition) is 1. The zero-order valence-electron chi connectivity index (χ0n) is 12.5. The van der Waals surface area contributed by atoms with Crippen LogP contribution in [0.3, 0.4) is 0 Å². The lowest BCUT2D eigenvalue weighted by Crippen LogP contribution is -1.99. The highest BCUT2D eigenvalue weighted by Crippen LogP contribution is 2.19. The zero-order chi connectivity index (χ0) is 15.1. The van der Waals surface area contributed by atoms with Gasteiger partial charge in [0.25, 0.3) is 0 Å². The van der Waals surface area contributed by atoms with Crippen LogP contribution in [0, 0.1) is 5.92 Å². The smallest absolute Gasteiger partial charge is 0.205 e. The molecule has 0 fully saturated rings. The van der Waals surface area contributed by atoms with E-state index in [-0.39, 0.29) is 0 Å². The molecule has 0 aliphatic carbocycles. The molecule has 0 bridgehead atoms. The van der Waals surface area contributed by atoms with Crippen LogP contribution in [0.1, 0.15) is 24.4 Å². The van der Waals surface area contributed by atoms with E-state index in [1.807, 2.05) is 24.3 Å². The summed E-state index contributed by atoms with van der Waals surface area (Å²) >= 11 is 1.63. The summed E-state index contributed by atoms with van der Waals surface area (Å²) in [6.45, 7) is 9.26. The fraction of sp³-hybridized carbons (Fsp3) is 0.375. The average molecular weight is 303 g/mol. The van der Waals surface area contributed by atoms with Crippen LogP contribution in [-0.4, -0.2) is 16.8 Å². The van der Waals surface area contributed by atoms with Crippen molar-refractivity contribution in [3.05, 3.63) is 47.5 Å². The van der Waals surface area contributed by atoms with Gasteiger partial charge in [-0.05, 0) is 23.6 Å². The van der Waals surface area contributed by atoms with Gasteiger partial charge in [-0.15, -0.1) is 10.2 Å². The molecule has 1 aromatic carbocycles. The molecule has 5 heteroatoms. The van der Waals surface area contributed by atoms with Crippen molar-refractivity contribution in [1.29, 1.82) is 0 Å². The number of hydrogen-bond acceptors (Lipinski definition) is 5. The number of nitrogens with zero attached hydrogens (tertiary/aromatic N) is 2. The first-order valence-electron chi connectivity index (χ1n) is 7.06. The number of benzene rings is 1. The maximum absolute atomic E-state index is 5.45. The zero-order valence-corrected chi connectivity index (χ0v) is 13.3. The maximum Gasteiger partial charge on any atom is 0.205 e. The molecule has 0 amide bonds. The third-order valence-corrected chi connectivity index (χ3v) is 3.69. The van der Waals surface area contributed by atoms with Gasteiger partial charge in [-0.2, -0.15) is 0 Å². The lowest BCUT2D eigenvalue weighted by molar-refractivity contribution is 0.363. The molecule has 0 saturated carbocycles. The Morgan fingerprint density at radius 1 is 1.29 bits per heavy atom. The fourth-order valence-corrected chi connectivity index (χ4v) is 2.74. The molecule has 112 valence electrons. The Kier molecular flexibility index (Phi) is 5.75. The standard InChI is InChI=1S/C16H21N3OS/c1-4-9-20-14-7-5-13(6-8-14)11-17-16-19-18-15(21-16)10-12(2)3/h4-8,12H,1,9-11H2,2-3H3,(H,17,19). The highest BCUT2D eigenvalue weighted by Gasteiger charge is 2.05. The number of anilines is 1. The predicted octanol–water partition coefficient (Wildman–Crippen LogP) is 3.91. The van der Waals surface area contributed by atoms with Crippen LogP contribution in [-0.2, 0) is 13.0 Å². The topological polar surface area (TPSA) is 47.0 Å². The Labute approximate surface area is 129 Å². The molecule has 0 aliphatic rings. The van der Waals surface area contributed by atoms with Gasteiger partial charge in [-0.3, -0.25) is 0 Å². The van der Waals surface area contributed by atoms with Crippen molar-refractivity contribution < 1.29 is 4.74 Å². The summed E-state index contributed by atoms with van der Waals surface area (Å²) in [6.07, 6.45) is 2.72. The van der Waals surface area contributed by atoms with Crippen molar-refractivity contribution in [2.24, 2.45) is 5.92 Å². The van der Waals surface area contributed by atoms with Gasteiger partial charge in [0.15, 0.2) is 0 Å². The minimum atomic E-state index is 0.529. The minimum absolute atomic E-state index is 0.529. The Hall–Kier alpha value is -1.88. The number of ether oxygens (including phenoxy) is 1. The summed E-state index contributed by atoms with van der Waals surface area (Å²) in [5.41, 5.74) is 1.18. The average Bonchev–Trinajstić information content (AvgIpc) is 2.91. The van der Waals surface area contributed by atoms with Crippen molar-refractivity contribution in [3.8, 4) is 5.75 Å². The summed E-state index contributed by atoms with van der Waals surface area (Å²) in [5, 5.41) is 13.6. The Bertz CT molecular complexity index is 563. The van der Waals surface area contributed by atoms with Gasteiger partial charge in [0.2, 0.25) is 5.13 Å². The van der Waals surface area contributed by atoms with Gasteiger partial charge in [-0.1, -0.05) is 50.0 Å². The first-order chi connectivity index (χ1) is 10.2. The molecular formula is C16H21N3OS. The highest BCUT2D eigenvalue weighted by molar-refractivity contribution is 7.15. The number of nitrogens with one attached hydrogen (secondary N) is 1. The van der Waals surface area contributed by atoms with Gasteiger partial charge in [0, 0.05) is 13.0 Å². The monoisotopic (exact) mass is 303 g/mol. The molecule has 1 N–H and O–H groups in total. The highest BCUT2D eigenvalue weighted by atomic mass is 32.1. The summed E-state index contributed by atoms with van der Waals surface area (Å²) in [7, 11) is 0. The van der Waals surface area contributed by atoms with Crippen molar-refractivity contribution in [2.75, 3.05) is 11.9 Å². The van der Waals surface area contributed by atoms with Crippen LogP contribution >= 0.6 is 11.3 Å². The van der Waals surface area contributed by atoms with E-state index in [9.17, 15) is 0 Å². The van der Waals surface area contributed by atoms with Gasteiger partial charge >= 0.3 is 0 Å². The molecule has 0 radical (unpaired) electrons. The molecule has 0 unspecified atom stereocenters. The van der Waals surface area contributed by atoms with E-state index in [1.165, 1.54) is 5.56 Å². The van der Waals surface area contributed by atoms with E-state index >= 15 is 0 Å². The van der Waals surface area contributed by atoms with E-state index in [0.29, 0.717) is 12.5 Å². The molecule has 0 atom stereocenters. The quantitative estimate of drug-likeness (QED) is 0.751. The summed E-state index contributed by atoms with van der Waals surface area (Å²) in [5.74, 6) is 1.46. The SMILES string of the molecule is C=CCOc1ccc(CNc2nnc(CC(C)C)s2)cc1. The Balaban J connectivity index is 1.84. The van der Waals surface area contributed by atoms with Crippen LogP contribution in [0.4, 0.5) is 5.13 Å². The molecular weight excluding hydrogens is 282 g/mol. The Morgan fingerprint density at radius 2 is 2.05 bits per heavy atom. The van der Waals surface area contributed by atoms with Crippen molar-refractivity contribution in [3.63, 3.8) is 0 Å². The lowest BCUT2D eigenvalue weighted by atomic mass is 10.1. The molecule has 2 aromatic rings. The fourth-order valence-electron chi connectivity index (χ4n) is 1.79. The first-order valence-corrected chi connectivity index (χ1v) is 7.88. The van der Waals surface area contributed by atoms with E-state index in [1.54, 1.807) is 17.4 Å². The van der Waals surface area contributed by atoms with Crippen LogP contribution in [0.25, 0.3) is 0 Å². The van der Waals surface area contributed by atoms with E-state index in [0.717, 1.165) is 28.9 Å². The van der Waals surface area contributed by atoms with Crippen LogP contribution in [0.5, 0.6) is 5.75 Å². The maximum atomic E-state index is 5.45. The molecule has 0 aliphatic heterocycles. The Morgan fingerprint density at radius 3 is 2.71 bits per heavy atom. The third-order valence-electron chi connectivity index (χ3n) is 2.78. The molecule has 1 aromatic heterocycles. The van der Waals surface area contributed by atoms with Crippen molar-refractivity contribution >= 4 is 16.5 Å². The summed E-state index contributed by atoms with van der Waals surface area (Å²) < 4.78 is 5.45. The van der Waals surface area contributed by atoms with Crippen LogP contribution in [0.2, 0.25) is 0 Å². The van der Waals surface area contributed by atoms with Crippen molar-refractivity contribution in [2.45, 2.75) is 26.8 Å². The van der Waals surface area contributed by atoms with Crippen LogP contribution in [0.15, 0.2) is 36.9 Å². The second-order valence-corrected chi connectivity index (χ2v) is 6.26. The third kappa shape index (κ3) is 5.19. The lowest BCUT2D eigenvalue weighted by Gasteiger charge is -2.05. The predicted molar refractivity (Wildman–Crippen MR) is 87.9 cm³/mol. The normalized spacial score (nSPS) is 10.6. The molecule has 4 nitrogen and oxygen atoms in total. The molecule has 0 saturated heterocycles. The van der Waals surface area contributed by atoms with E-state index in [4.69, 9.17) is 4.74 Å². The molecule has 1 heterocycles. The number of rotatable bonds is 8. The van der Waals surface area contributed by atoms with Gasteiger partial charge in [0.1, 0.15) is 17.4 Å². The van der Waals surface area contributed by atoms with Crippen molar-refractivity contribution in [1.82, 2.24) is 10.2 Å². The van der Waals surface area contributed by atoms with Crippen LogP contribution < -0.4 is 10.1 Å². The second-order valence-electron chi connectivity index (χ2n) is 5.20. The van der Waals surface area contributed by atoms with E-state index in [2.05, 4.69) is 35.9 Å². The molecule has 21 heavy (non-hydrogen) atoms. The first kappa shape index (κ1) is 15.5. The van der Waals surface area contributed by atoms with Gasteiger partial charge in [-0.25, -0.2) is 0 Å². The van der Waals surface area contributed by atoms with E-state index < -0.39 is 0 Å². The molecule has 0 spiro atoms.